The van der Waals surface area contributed by atoms with E-state index in [0.717, 1.165) is 59.2 Å². The Labute approximate surface area is 360 Å². The maximum Gasteiger partial charge on any atom is 0.0717 e. The third-order valence-corrected chi connectivity index (χ3v) is 20.7. The topological polar surface area (TPSA) is 12.4 Å². The van der Waals surface area contributed by atoms with Crippen LogP contribution in [0.25, 0.3) is 0 Å². The molecule has 1 spiro atoms. The number of allylic oxidation sites excluding steroid dienone is 13. The molecule has 1 heterocycles. The zero-order chi connectivity index (χ0) is 39.3. The quantitative estimate of drug-likeness (QED) is 0.246. The fourth-order valence-electron chi connectivity index (χ4n) is 17.7. The second-order valence-electron chi connectivity index (χ2n) is 23.6. The van der Waals surface area contributed by atoms with Crippen molar-refractivity contribution in [3.05, 3.63) is 81.0 Å². The van der Waals surface area contributed by atoms with Gasteiger partial charge in [0, 0.05) is 17.0 Å². The van der Waals surface area contributed by atoms with Crippen molar-refractivity contribution in [2.45, 2.75) is 200 Å². The molecule has 12 aliphatic rings. The second kappa shape index (κ2) is 15.3. The van der Waals surface area contributed by atoms with Crippen molar-refractivity contribution in [1.82, 2.24) is 0 Å². The van der Waals surface area contributed by atoms with Crippen LogP contribution < -0.4 is 0 Å². The summed E-state index contributed by atoms with van der Waals surface area (Å²) in [6, 6.07) is 0.442. The lowest BCUT2D eigenvalue weighted by Crippen LogP contribution is -2.35. The van der Waals surface area contributed by atoms with Crippen LogP contribution in [0.2, 0.25) is 0 Å². The number of rotatable bonds is 5. The Hall–Kier alpha value is -2.15. The highest BCUT2D eigenvalue weighted by Gasteiger charge is 2.58. The van der Waals surface area contributed by atoms with Crippen molar-refractivity contribution in [2.75, 3.05) is 0 Å². The van der Waals surface area contributed by atoms with Gasteiger partial charge in [-0.15, -0.1) is 0 Å². The minimum atomic E-state index is 0.241. The molecule has 1 heteroatoms. The Bertz CT molecular complexity index is 1930. The third kappa shape index (κ3) is 6.42. The van der Waals surface area contributed by atoms with Gasteiger partial charge in [-0.25, -0.2) is 0 Å². The molecule has 12 rings (SSSR count). The zero-order valence-electron chi connectivity index (χ0n) is 37.6. The van der Waals surface area contributed by atoms with Crippen molar-refractivity contribution in [2.24, 2.45) is 75.0 Å². The van der Waals surface area contributed by atoms with Gasteiger partial charge in [0.15, 0.2) is 0 Å². The van der Waals surface area contributed by atoms with Gasteiger partial charge in [-0.1, -0.05) is 111 Å². The van der Waals surface area contributed by atoms with Crippen LogP contribution in [0.5, 0.6) is 0 Å². The van der Waals surface area contributed by atoms with E-state index in [-0.39, 0.29) is 5.41 Å². The fourth-order valence-corrected chi connectivity index (χ4v) is 17.7. The third-order valence-electron chi connectivity index (χ3n) is 20.7. The van der Waals surface area contributed by atoms with Crippen molar-refractivity contribution in [1.29, 1.82) is 0 Å². The van der Waals surface area contributed by atoms with E-state index in [0.29, 0.717) is 11.5 Å². The van der Waals surface area contributed by atoms with Crippen LogP contribution >= 0.6 is 0 Å². The SMILES string of the molecule is CC1(C)C2=C(C3=C1CCC(C1CCC(C4C=C(C5CCCC(C6CCCCC6)=NC(C6=CC=CCC6)C5)C5CC54)CC1)C3)C1C3=C(CCCC3)C3(CCCCC3)C1C=C2. The fraction of sp³-hybridized carbons (Fsp3) is 0.741. The molecule has 8 atom stereocenters. The molecule has 11 aliphatic carbocycles. The summed E-state index contributed by atoms with van der Waals surface area (Å²) in [4.78, 5) is 5.78. The van der Waals surface area contributed by atoms with Gasteiger partial charge in [-0.05, 0) is 222 Å². The van der Waals surface area contributed by atoms with Crippen LogP contribution in [0.4, 0.5) is 0 Å². The van der Waals surface area contributed by atoms with Crippen molar-refractivity contribution >= 4 is 5.71 Å². The Morgan fingerprint density at radius 2 is 1.47 bits per heavy atom. The molecule has 0 aromatic rings. The highest BCUT2D eigenvalue weighted by Crippen LogP contribution is 2.69. The zero-order valence-corrected chi connectivity index (χ0v) is 37.6. The molecule has 0 radical (unpaired) electrons. The Morgan fingerprint density at radius 1 is 0.678 bits per heavy atom. The van der Waals surface area contributed by atoms with Crippen molar-refractivity contribution in [3.8, 4) is 0 Å². The van der Waals surface area contributed by atoms with E-state index < -0.39 is 0 Å². The molecule has 4 saturated carbocycles. The van der Waals surface area contributed by atoms with Crippen LogP contribution in [0.3, 0.4) is 0 Å². The summed E-state index contributed by atoms with van der Waals surface area (Å²) in [5.41, 5.74) is 17.4. The van der Waals surface area contributed by atoms with Crippen LogP contribution in [0.15, 0.2) is 86.0 Å². The van der Waals surface area contributed by atoms with E-state index in [9.17, 15) is 0 Å². The van der Waals surface area contributed by atoms with Gasteiger partial charge in [0.25, 0.3) is 0 Å². The predicted octanol–water partition coefficient (Wildman–Crippen LogP) is 15.9. The maximum absolute atomic E-state index is 5.78. The van der Waals surface area contributed by atoms with Gasteiger partial charge in [-0.2, -0.15) is 0 Å². The van der Waals surface area contributed by atoms with Crippen LogP contribution in [-0.4, -0.2) is 11.8 Å². The molecule has 0 N–H and O–H groups in total. The first-order valence-electron chi connectivity index (χ1n) is 26.5. The minimum absolute atomic E-state index is 0.241. The van der Waals surface area contributed by atoms with Crippen LogP contribution in [0.1, 0.15) is 194 Å². The van der Waals surface area contributed by atoms with Crippen molar-refractivity contribution < 1.29 is 0 Å². The molecule has 0 aromatic heterocycles. The average Bonchev–Trinajstić information content (AvgIpc) is 3.84. The summed E-state index contributed by atoms with van der Waals surface area (Å²) < 4.78 is 0. The molecular formula is C58H79N. The monoisotopic (exact) mass is 790 g/mol. The molecular weight excluding hydrogens is 711 g/mol. The van der Waals surface area contributed by atoms with Gasteiger partial charge < -0.3 is 0 Å². The van der Waals surface area contributed by atoms with E-state index in [2.05, 4.69) is 50.3 Å². The van der Waals surface area contributed by atoms with E-state index >= 15 is 0 Å². The molecule has 0 amide bonds. The largest absolute Gasteiger partial charge is 0.286 e. The number of nitrogens with zero attached hydrogens (tertiary/aromatic N) is 1. The van der Waals surface area contributed by atoms with Gasteiger partial charge in [0.1, 0.15) is 0 Å². The van der Waals surface area contributed by atoms with Gasteiger partial charge in [-0.3, -0.25) is 4.99 Å². The lowest BCUT2D eigenvalue weighted by atomic mass is 9.60. The van der Waals surface area contributed by atoms with Gasteiger partial charge in [0.2, 0.25) is 0 Å². The van der Waals surface area contributed by atoms with E-state index in [1.165, 1.54) is 180 Å². The standard InChI is InChI=1S/C58H79N/c1-57(2)49-28-27-41(33-48(49)56-51(57)29-30-52-55(56)43-20-10-11-21-50(43)58(52)31-12-5-13-32-58)37-23-25-38(26-24-37)44-35-45(47-36-46(44)47)42-19-14-22-53(39-15-6-3-7-16-39)59-54(34-42)40-17-8-4-9-18-40/h4,8,17,29-30,35,37-39,41-42,44,46-47,52,54-55H,3,5-7,9-16,18-28,31-34,36H2,1-2H3. The number of hydrogen-bond acceptors (Lipinski definition) is 1. The lowest BCUT2D eigenvalue weighted by molar-refractivity contribution is 0.158. The molecule has 4 fully saturated rings. The second-order valence-corrected chi connectivity index (χ2v) is 23.6. The minimum Gasteiger partial charge on any atom is -0.286 e. The average molecular weight is 790 g/mol. The normalized spacial score (nSPS) is 41.4. The number of aliphatic imine (C=N–C) groups is 1. The first-order valence-corrected chi connectivity index (χ1v) is 26.5. The molecule has 316 valence electrons. The summed E-state index contributed by atoms with van der Waals surface area (Å²) >= 11 is 0. The summed E-state index contributed by atoms with van der Waals surface area (Å²) in [5, 5.41) is 0. The molecule has 1 aliphatic heterocycles. The lowest BCUT2D eigenvalue weighted by Gasteiger charge is -2.44. The van der Waals surface area contributed by atoms with Crippen LogP contribution in [0, 0.1) is 70.0 Å². The first-order chi connectivity index (χ1) is 29.0. The van der Waals surface area contributed by atoms with E-state index in [4.69, 9.17) is 4.99 Å². The maximum atomic E-state index is 5.78. The summed E-state index contributed by atoms with van der Waals surface area (Å²) in [5.74, 6) is 8.70. The predicted molar refractivity (Wildman–Crippen MR) is 247 cm³/mol. The molecule has 0 bridgehead atoms. The van der Waals surface area contributed by atoms with Gasteiger partial charge in [0.05, 0.1) is 6.04 Å². The smallest absolute Gasteiger partial charge is 0.0717 e. The molecule has 1 nitrogen and oxygen atoms in total. The van der Waals surface area contributed by atoms with Crippen molar-refractivity contribution in [3.63, 3.8) is 0 Å². The Kier molecular flexibility index (Phi) is 9.98. The number of hydrogen-bond donors (Lipinski definition) is 0. The summed E-state index contributed by atoms with van der Waals surface area (Å²) in [7, 11) is 0. The Morgan fingerprint density at radius 3 is 2.31 bits per heavy atom. The van der Waals surface area contributed by atoms with E-state index in [1.54, 1.807) is 16.9 Å². The summed E-state index contributed by atoms with van der Waals surface area (Å²) in [6.45, 7) is 5.25. The first kappa shape index (κ1) is 38.5. The van der Waals surface area contributed by atoms with E-state index in [1.807, 2.05) is 33.4 Å². The molecule has 59 heavy (non-hydrogen) atoms. The highest BCUT2D eigenvalue weighted by atomic mass is 14.8. The molecule has 0 aromatic carbocycles. The highest BCUT2D eigenvalue weighted by molar-refractivity contribution is 5.87. The molecule has 0 saturated heterocycles. The Balaban J connectivity index is 0.741. The molecule has 8 unspecified atom stereocenters. The van der Waals surface area contributed by atoms with Gasteiger partial charge >= 0.3 is 0 Å². The van der Waals surface area contributed by atoms with Crippen LogP contribution in [-0.2, 0) is 0 Å². The number of fused-ring (bicyclic) bond motifs is 7. The summed E-state index contributed by atoms with van der Waals surface area (Å²) in [6.07, 6.45) is 55.6.